The van der Waals surface area contributed by atoms with Crippen LogP contribution in [-0.2, 0) is 24.4 Å². The van der Waals surface area contributed by atoms with Gasteiger partial charge in [-0.05, 0) is 35.7 Å². The maximum atomic E-state index is 6.00. The maximum Gasteiger partial charge on any atom is 0.191 e. The van der Waals surface area contributed by atoms with Crippen molar-refractivity contribution in [3.05, 3.63) is 70.2 Å². The van der Waals surface area contributed by atoms with E-state index in [1.807, 2.05) is 31.2 Å². The first-order chi connectivity index (χ1) is 11.7. The molecule has 128 valence electrons. The monoisotopic (exact) mass is 345 g/mol. The standard InChI is InChI=1S/C19H24ClN3O/c1-3-24-14-16-9-7-15(8-10-16)12-22-19(21-2)23-13-17-5-4-6-18(20)11-17/h4-11H,3,12-14H2,1-2H3,(H2,21,22,23). The minimum absolute atomic E-state index is 0.660. The molecule has 0 aliphatic rings. The van der Waals surface area contributed by atoms with E-state index in [1.165, 1.54) is 11.1 Å². The van der Waals surface area contributed by atoms with Crippen LogP contribution >= 0.6 is 11.6 Å². The lowest BCUT2D eigenvalue weighted by molar-refractivity contribution is 0.134. The highest BCUT2D eigenvalue weighted by Crippen LogP contribution is 2.10. The molecule has 4 nitrogen and oxygen atoms in total. The van der Waals surface area contributed by atoms with E-state index >= 15 is 0 Å². The Kier molecular flexibility index (Phi) is 7.59. The summed E-state index contributed by atoms with van der Waals surface area (Å²) in [6, 6.07) is 16.2. The molecule has 0 aliphatic carbocycles. The van der Waals surface area contributed by atoms with Crippen LogP contribution in [0.2, 0.25) is 5.02 Å². The third kappa shape index (κ3) is 6.22. The molecular formula is C19H24ClN3O. The van der Waals surface area contributed by atoms with Crippen LogP contribution in [0.4, 0.5) is 0 Å². The van der Waals surface area contributed by atoms with Gasteiger partial charge in [0.05, 0.1) is 6.61 Å². The van der Waals surface area contributed by atoms with Crippen LogP contribution in [0.5, 0.6) is 0 Å². The number of benzene rings is 2. The number of hydrogen-bond donors (Lipinski definition) is 2. The van der Waals surface area contributed by atoms with E-state index in [2.05, 4.69) is 39.9 Å². The van der Waals surface area contributed by atoms with Crippen LogP contribution < -0.4 is 10.6 Å². The zero-order valence-electron chi connectivity index (χ0n) is 14.2. The summed E-state index contributed by atoms with van der Waals surface area (Å²) in [5, 5.41) is 7.33. The van der Waals surface area contributed by atoms with Crippen LogP contribution in [0.1, 0.15) is 23.6 Å². The first-order valence-corrected chi connectivity index (χ1v) is 8.43. The average Bonchev–Trinajstić information content (AvgIpc) is 2.61. The van der Waals surface area contributed by atoms with Gasteiger partial charge in [-0.2, -0.15) is 0 Å². The molecule has 0 fully saturated rings. The quantitative estimate of drug-likeness (QED) is 0.593. The molecule has 0 unspecified atom stereocenters. The minimum atomic E-state index is 0.660. The van der Waals surface area contributed by atoms with Gasteiger partial charge in [0.15, 0.2) is 5.96 Å². The summed E-state index contributed by atoms with van der Waals surface area (Å²) in [5.74, 6) is 0.758. The molecule has 0 bridgehead atoms. The van der Waals surface area contributed by atoms with Crippen LogP contribution in [0.15, 0.2) is 53.5 Å². The molecule has 0 aliphatic heterocycles. The second kappa shape index (κ2) is 9.96. The average molecular weight is 346 g/mol. The van der Waals surface area contributed by atoms with Crippen molar-refractivity contribution in [2.45, 2.75) is 26.6 Å². The van der Waals surface area contributed by atoms with Gasteiger partial charge in [0.1, 0.15) is 0 Å². The molecule has 5 heteroatoms. The summed E-state index contributed by atoms with van der Waals surface area (Å²) in [6.45, 7) is 4.78. The lowest BCUT2D eigenvalue weighted by Gasteiger charge is -2.12. The van der Waals surface area contributed by atoms with E-state index in [1.54, 1.807) is 7.05 Å². The normalized spacial score (nSPS) is 11.4. The first kappa shape index (κ1) is 18.3. The van der Waals surface area contributed by atoms with Gasteiger partial charge in [0, 0.05) is 31.8 Å². The highest BCUT2D eigenvalue weighted by Gasteiger charge is 2.00. The number of rotatable bonds is 7. The molecule has 0 aromatic heterocycles. The second-order valence-corrected chi connectivity index (χ2v) is 5.80. The van der Waals surface area contributed by atoms with Crippen molar-refractivity contribution in [3.63, 3.8) is 0 Å². The molecule has 0 atom stereocenters. The Hall–Kier alpha value is -2.04. The number of halogens is 1. The van der Waals surface area contributed by atoms with Crippen molar-refractivity contribution in [2.24, 2.45) is 4.99 Å². The van der Waals surface area contributed by atoms with Gasteiger partial charge in [-0.25, -0.2) is 0 Å². The number of aliphatic imine (C=N–C) groups is 1. The molecule has 0 heterocycles. The Bertz CT molecular complexity index is 656. The fourth-order valence-corrected chi connectivity index (χ4v) is 2.43. The number of nitrogens with zero attached hydrogens (tertiary/aromatic N) is 1. The zero-order chi connectivity index (χ0) is 17.2. The fraction of sp³-hybridized carbons (Fsp3) is 0.316. The fourth-order valence-electron chi connectivity index (χ4n) is 2.21. The molecule has 0 radical (unpaired) electrons. The third-order valence-electron chi connectivity index (χ3n) is 3.53. The molecule has 2 aromatic rings. The van der Waals surface area contributed by atoms with Gasteiger partial charge < -0.3 is 15.4 Å². The molecule has 0 saturated carbocycles. The van der Waals surface area contributed by atoms with E-state index in [-0.39, 0.29) is 0 Å². The number of ether oxygens (including phenoxy) is 1. The number of nitrogens with one attached hydrogen (secondary N) is 2. The largest absolute Gasteiger partial charge is 0.377 e. The van der Waals surface area contributed by atoms with Crippen molar-refractivity contribution >= 4 is 17.6 Å². The Morgan fingerprint density at radius 2 is 1.67 bits per heavy atom. The summed E-state index contributed by atoms with van der Waals surface area (Å²) >= 11 is 6.00. The topological polar surface area (TPSA) is 45.6 Å². The molecule has 2 N–H and O–H groups in total. The maximum absolute atomic E-state index is 6.00. The van der Waals surface area contributed by atoms with E-state index in [4.69, 9.17) is 16.3 Å². The molecule has 2 aromatic carbocycles. The summed E-state index contributed by atoms with van der Waals surface area (Å²) < 4.78 is 5.40. The minimum Gasteiger partial charge on any atom is -0.377 e. The van der Waals surface area contributed by atoms with Crippen LogP contribution in [0.3, 0.4) is 0 Å². The zero-order valence-corrected chi connectivity index (χ0v) is 14.9. The summed E-state index contributed by atoms with van der Waals surface area (Å²) in [7, 11) is 1.76. The van der Waals surface area contributed by atoms with Gasteiger partial charge in [-0.3, -0.25) is 4.99 Å². The van der Waals surface area contributed by atoms with Gasteiger partial charge in [-0.15, -0.1) is 0 Å². The first-order valence-electron chi connectivity index (χ1n) is 8.05. The molecule has 0 spiro atoms. The van der Waals surface area contributed by atoms with Gasteiger partial charge >= 0.3 is 0 Å². The summed E-state index contributed by atoms with van der Waals surface area (Å²) in [6.07, 6.45) is 0. The predicted molar refractivity (Wildman–Crippen MR) is 100 cm³/mol. The van der Waals surface area contributed by atoms with E-state index in [0.717, 1.165) is 23.2 Å². The van der Waals surface area contributed by atoms with Gasteiger partial charge in [-0.1, -0.05) is 48.0 Å². The van der Waals surface area contributed by atoms with Gasteiger partial charge in [0.2, 0.25) is 0 Å². The van der Waals surface area contributed by atoms with Crippen LogP contribution in [0, 0.1) is 0 Å². The molecule has 24 heavy (non-hydrogen) atoms. The van der Waals surface area contributed by atoms with Crippen LogP contribution in [0.25, 0.3) is 0 Å². The highest BCUT2D eigenvalue weighted by atomic mass is 35.5. The van der Waals surface area contributed by atoms with Crippen molar-refractivity contribution in [3.8, 4) is 0 Å². The number of hydrogen-bond acceptors (Lipinski definition) is 2. The van der Waals surface area contributed by atoms with E-state index < -0.39 is 0 Å². The number of guanidine groups is 1. The summed E-state index contributed by atoms with van der Waals surface area (Å²) in [5.41, 5.74) is 3.50. The van der Waals surface area contributed by atoms with Crippen molar-refractivity contribution in [1.29, 1.82) is 0 Å². The van der Waals surface area contributed by atoms with Crippen LogP contribution in [-0.4, -0.2) is 19.6 Å². The van der Waals surface area contributed by atoms with Crippen molar-refractivity contribution in [2.75, 3.05) is 13.7 Å². The molecule has 0 amide bonds. The van der Waals surface area contributed by atoms with Crippen molar-refractivity contribution < 1.29 is 4.74 Å². The van der Waals surface area contributed by atoms with Crippen molar-refractivity contribution in [1.82, 2.24) is 10.6 Å². The van der Waals surface area contributed by atoms with E-state index in [0.29, 0.717) is 19.7 Å². The molecule has 2 rings (SSSR count). The smallest absolute Gasteiger partial charge is 0.191 e. The molecule has 0 saturated heterocycles. The second-order valence-electron chi connectivity index (χ2n) is 5.36. The molecular weight excluding hydrogens is 322 g/mol. The lowest BCUT2D eigenvalue weighted by Crippen LogP contribution is -2.36. The highest BCUT2D eigenvalue weighted by molar-refractivity contribution is 6.30. The Morgan fingerprint density at radius 3 is 2.29 bits per heavy atom. The third-order valence-corrected chi connectivity index (χ3v) is 3.76. The summed E-state index contributed by atoms with van der Waals surface area (Å²) in [4.78, 5) is 4.24. The Balaban J connectivity index is 1.80. The SMILES string of the molecule is CCOCc1ccc(CNC(=NC)NCc2cccc(Cl)c2)cc1. The predicted octanol–water partition coefficient (Wildman–Crippen LogP) is 3.74. The van der Waals surface area contributed by atoms with E-state index in [9.17, 15) is 0 Å². The Morgan fingerprint density at radius 1 is 1.00 bits per heavy atom. The lowest BCUT2D eigenvalue weighted by atomic mass is 10.1. The Labute approximate surface area is 148 Å². The van der Waals surface area contributed by atoms with Gasteiger partial charge in [0.25, 0.3) is 0 Å².